The lowest BCUT2D eigenvalue weighted by atomic mass is 9.67. The van der Waals surface area contributed by atoms with E-state index in [2.05, 4.69) is 134 Å². The van der Waals surface area contributed by atoms with Gasteiger partial charge in [0.25, 0.3) is 0 Å². The van der Waals surface area contributed by atoms with Crippen molar-refractivity contribution >= 4 is 21.8 Å². The van der Waals surface area contributed by atoms with E-state index in [1.165, 1.54) is 21.8 Å². The molecular weight excluding hydrogens is 645 g/mol. The number of para-hydroxylation sites is 2. The van der Waals surface area contributed by atoms with E-state index in [1.54, 1.807) is 0 Å². The van der Waals surface area contributed by atoms with Crippen molar-refractivity contribution in [1.29, 1.82) is 15.8 Å². The van der Waals surface area contributed by atoms with Crippen LogP contribution < -0.4 is 0 Å². The van der Waals surface area contributed by atoms with Gasteiger partial charge in [-0.2, -0.15) is 15.8 Å². The fraction of sp³-hybridized carbons (Fsp3) is 0.0816. The Bertz CT molecular complexity index is 2890. The van der Waals surface area contributed by atoms with Crippen molar-refractivity contribution in [2.45, 2.75) is 25.7 Å². The Morgan fingerprint density at radius 3 is 1.87 bits per heavy atom. The van der Waals surface area contributed by atoms with Crippen LogP contribution in [0.4, 0.5) is 0 Å². The molecule has 53 heavy (non-hydrogen) atoms. The predicted molar refractivity (Wildman–Crippen MR) is 212 cm³/mol. The first-order valence-electron chi connectivity index (χ1n) is 17.8. The molecular formula is C49H32N4. The summed E-state index contributed by atoms with van der Waals surface area (Å²) in [5, 5.41) is 32.5. The van der Waals surface area contributed by atoms with Crippen molar-refractivity contribution in [3.63, 3.8) is 0 Å². The van der Waals surface area contributed by atoms with Crippen LogP contribution in [0.1, 0.15) is 68.8 Å². The second kappa shape index (κ2) is 12.5. The van der Waals surface area contributed by atoms with Gasteiger partial charge in [-0.3, -0.25) is 0 Å². The second-order valence-corrected chi connectivity index (χ2v) is 13.9. The SMILES string of the molecule is Cc1ccc(C#N)cc1C1c2cc(C#N)ccc2C(C)c2c(-c3ccc(-c4ccc5c(c4)c4ccccc4n5-c4ccccc4)cc3)cc(C#N)cc21. The topological polar surface area (TPSA) is 76.3 Å². The van der Waals surface area contributed by atoms with E-state index in [-0.39, 0.29) is 11.8 Å². The van der Waals surface area contributed by atoms with Gasteiger partial charge in [0, 0.05) is 28.3 Å². The standard InChI is InChI=1S/C49H32N4/c1-30-12-13-32(27-50)22-41(30)49-44-23-33(28-51)14-20-39(44)31(2)48-42(24-34(29-52)25-45(48)49)36-17-15-35(16-18-36)37-19-21-47-43(26-37)40-10-6-7-11-46(40)53(47)38-8-4-3-5-9-38/h3-26,31,49H,1-2H3. The molecule has 4 heteroatoms. The smallest absolute Gasteiger partial charge is 0.0991 e. The fourth-order valence-electron chi connectivity index (χ4n) is 8.52. The Morgan fingerprint density at radius 2 is 1.11 bits per heavy atom. The summed E-state index contributed by atoms with van der Waals surface area (Å²) in [4.78, 5) is 0. The van der Waals surface area contributed by atoms with Crippen molar-refractivity contribution in [2.24, 2.45) is 0 Å². The minimum absolute atomic E-state index is 0.00945. The van der Waals surface area contributed by atoms with E-state index in [9.17, 15) is 15.8 Å². The third kappa shape index (κ3) is 5.11. The van der Waals surface area contributed by atoms with E-state index in [0.29, 0.717) is 16.7 Å². The van der Waals surface area contributed by atoms with E-state index >= 15 is 0 Å². The zero-order valence-corrected chi connectivity index (χ0v) is 29.3. The zero-order valence-electron chi connectivity index (χ0n) is 29.3. The minimum atomic E-state index is -0.242. The highest BCUT2D eigenvalue weighted by atomic mass is 15.0. The maximum atomic E-state index is 10.3. The van der Waals surface area contributed by atoms with E-state index < -0.39 is 0 Å². The molecule has 1 aliphatic rings. The van der Waals surface area contributed by atoms with Crippen LogP contribution in [0, 0.1) is 40.9 Å². The van der Waals surface area contributed by atoms with Crippen LogP contribution in [0.25, 0.3) is 49.7 Å². The van der Waals surface area contributed by atoms with Gasteiger partial charge in [0.05, 0.1) is 45.9 Å². The van der Waals surface area contributed by atoms with Crippen LogP contribution in [0.3, 0.4) is 0 Å². The molecule has 0 radical (unpaired) electrons. The van der Waals surface area contributed by atoms with E-state index in [4.69, 9.17) is 0 Å². The highest BCUT2D eigenvalue weighted by Gasteiger charge is 2.35. The Morgan fingerprint density at radius 1 is 0.491 bits per heavy atom. The van der Waals surface area contributed by atoms with Crippen LogP contribution >= 0.6 is 0 Å². The Hall–Kier alpha value is -7.19. The normalized spacial score (nSPS) is 14.5. The molecule has 0 amide bonds. The zero-order chi connectivity index (χ0) is 36.2. The number of aryl methyl sites for hydroxylation is 1. The molecule has 1 heterocycles. The van der Waals surface area contributed by atoms with Crippen LogP contribution in [0.15, 0.2) is 146 Å². The number of rotatable bonds is 4. The summed E-state index contributed by atoms with van der Waals surface area (Å²) in [6.45, 7) is 4.27. The minimum Gasteiger partial charge on any atom is -0.309 e. The highest BCUT2D eigenvalue weighted by Crippen LogP contribution is 2.51. The predicted octanol–water partition coefficient (Wildman–Crippen LogP) is 11.7. The lowest BCUT2D eigenvalue weighted by molar-refractivity contribution is 0.792. The second-order valence-electron chi connectivity index (χ2n) is 13.9. The molecule has 1 aromatic heterocycles. The molecule has 0 bridgehead atoms. The van der Waals surface area contributed by atoms with Gasteiger partial charge >= 0.3 is 0 Å². The average molecular weight is 677 g/mol. The van der Waals surface area contributed by atoms with Gasteiger partial charge in [0.2, 0.25) is 0 Å². The third-order valence-electron chi connectivity index (χ3n) is 11.0. The summed E-state index contributed by atoms with van der Waals surface area (Å²) < 4.78 is 2.33. The van der Waals surface area contributed by atoms with Gasteiger partial charge < -0.3 is 4.57 Å². The molecule has 0 aliphatic heterocycles. The number of nitriles is 3. The maximum absolute atomic E-state index is 10.3. The van der Waals surface area contributed by atoms with Crippen molar-refractivity contribution in [1.82, 2.24) is 4.57 Å². The largest absolute Gasteiger partial charge is 0.309 e. The Kier molecular flexibility index (Phi) is 7.52. The van der Waals surface area contributed by atoms with Crippen molar-refractivity contribution in [3.8, 4) is 46.1 Å². The number of benzene rings is 7. The lowest BCUT2D eigenvalue weighted by Gasteiger charge is -2.35. The monoisotopic (exact) mass is 676 g/mol. The molecule has 9 rings (SSSR count). The first-order chi connectivity index (χ1) is 26.0. The molecule has 0 N–H and O–H groups in total. The van der Waals surface area contributed by atoms with Crippen molar-refractivity contribution < 1.29 is 0 Å². The van der Waals surface area contributed by atoms with Crippen LogP contribution in [-0.2, 0) is 0 Å². The van der Waals surface area contributed by atoms with Crippen molar-refractivity contribution in [3.05, 3.63) is 196 Å². The maximum Gasteiger partial charge on any atom is 0.0991 e. The molecule has 7 aromatic carbocycles. The molecule has 0 saturated carbocycles. The van der Waals surface area contributed by atoms with E-state index in [0.717, 1.165) is 61.3 Å². The number of hydrogen-bond donors (Lipinski definition) is 0. The van der Waals surface area contributed by atoms with E-state index in [1.807, 2.05) is 48.5 Å². The average Bonchev–Trinajstić information content (AvgIpc) is 3.55. The van der Waals surface area contributed by atoms with Gasteiger partial charge in [0.1, 0.15) is 0 Å². The molecule has 0 saturated heterocycles. The lowest BCUT2D eigenvalue weighted by Crippen LogP contribution is -2.20. The van der Waals surface area contributed by atoms with Gasteiger partial charge in [-0.1, -0.05) is 85.8 Å². The Labute approximate surface area is 308 Å². The molecule has 248 valence electrons. The first-order valence-corrected chi connectivity index (χ1v) is 17.8. The molecule has 0 spiro atoms. The number of fused-ring (bicyclic) bond motifs is 5. The molecule has 1 aliphatic carbocycles. The number of nitrogens with zero attached hydrogens (tertiary/aromatic N) is 4. The molecule has 2 atom stereocenters. The van der Waals surface area contributed by atoms with Crippen LogP contribution in [0.2, 0.25) is 0 Å². The molecule has 4 nitrogen and oxygen atoms in total. The van der Waals surface area contributed by atoms with Gasteiger partial charge in [-0.25, -0.2) is 0 Å². The quantitative estimate of drug-likeness (QED) is 0.186. The summed E-state index contributed by atoms with van der Waals surface area (Å²) in [7, 11) is 0. The van der Waals surface area contributed by atoms with Crippen molar-refractivity contribution in [2.75, 3.05) is 0 Å². The third-order valence-corrected chi connectivity index (χ3v) is 11.0. The summed E-state index contributed by atoms with van der Waals surface area (Å²) in [5.74, 6) is -0.232. The van der Waals surface area contributed by atoms with Crippen LogP contribution in [0.5, 0.6) is 0 Å². The van der Waals surface area contributed by atoms with Crippen LogP contribution in [-0.4, -0.2) is 4.57 Å². The summed E-state index contributed by atoms with van der Waals surface area (Å²) in [5.41, 5.74) is 16.0. The van der Waals surface area contributed by atoms with Gasteiger partial charge in [-0.05, 0) is 129 Å². The van der Waals surface area contributed by atoms with Gasteiger partial charge in [-0.15, -0.1) is 0 Å². The summed E-state index contributed by atoms with van der Waals surface area (Å²) >= 11 is 0. The summed E-state index contributed by atoms with van der Waals surface area (Å²) in [6.07, 6.45) is 0. The van der Waals surface area contributed by atoms with Gasteiger partial charge in [0.15, 0.2) is 0 Å². The first kappa shape index (κ1) is 31.8. The molecule has 2 unspecified atom stereocenters. The fourth-order valence-corrected chi connectivity index (χ4v) is 8.52. The number of aromatic nitrogens is 1. The highest BCUT2D eigenvalue weighted by molar-refractivity contribution is 6.10. The molecule has 8 aromatic rings. The number of hydrogen-bond acceptors (Lipinski definition) is 3. The molecule has 0 fully saturated rings. The summed E-state index contributed by atoms with van der Waals surface area (Å²) in [6, 6.07) is 57.3. The Balaban J connectivity index is 1.19.